The second-order valence-corrected chi connectivity index (χ2v) is 8.16. The predicted octanol–water partition coefficient (Wildman–Crippen LogP) is 1.40. The molecule has 0 radical (unpaired) electrons. The van der Waals surface area contributed by atoms with Crippen molar-refractivity contribution in [3.8, 4) is 0 Å². The summed E-state index contributed by atoms with van der Waals surface area (Å²) in [5.74, 6) is 1.90. The Morgan fingerprint density at radius 1 is 1.00 bits per heavy atom. The fourth-order valence-electron chi connectivity index (χ4n) is 3.89. The Labute approximate surface area is 182 Å². The van der Waals surface area contributed by atoms with Crippen LogP contribution in [0.15, 0.2) is 34.9 Å². The number of aryl methyl sites for hydroxylation is 1. The Hall–Kier alpha value is -3.07. The van der Waals surface area contributed by atoms with Crippen molar-refractivity contribution in [3.63, 3.8) is 0 Å². The predicted molar refractivity (Wildman–Crippen MR) is 117 cm³/mol. The largest absolute Gasteiger partial charge is 0.456 e. The lowest BCUT2D eigenvalue weighted by Crippen LogP contribution is -2.53. The maximum atomic E-state index is 12.6. The highest BCUT2D eigenvalue weighted by Gasteiger charge is 2.26. The monoisotopic (exact) mass is 426 g/mol. The van der Waals surface area contributed by atoms with E-state index in [2.05, 4.69) is 27.1 Å². The molecule has 0 saturated carbocycles. The van der Waals surface area contributed by atoms with Crippen molar-refractivity contribution in [2.24, 2.45) is 0 Å². The molecule has 166 valence electrons. The minimum absolute atomic E-state index is 0.112. The number of anilines is 1. The Kier molecular flexibility index (Phi) is 6.41. The number of hydrogen-bond donors (Lipinski definition) is 1. The number of hydrogen-bond acceptors (Lipinski definition) is 6. The van der Waals surface area contributed by atoms with E-state index in [0.717, 1.165) is 37.6 Å². The number of nitrogens with zero attached hydrogens (tertiary/aromatic N) is 5. The molecule has 0 spiro atoms. The van der Waals surface area contributed by atoms with E-state index in [9.17, 15) is 9.59 Å². The van der Waals surface area contributed by atoms with Gasteiger partial charge in [-0.2, -0.15) is 0 Å². The number of furan rings is 1. The number of urea groups is 1. The van der Waals surface area contributed by atoms with E-state index >= 15 is 0 Å². The van der Waals surface area contributed by atoms with E-state index in [1.54, 1.807) is 28.1 Å². The lowest BCUT2D eigenvalue weighted by molar-refractivity contribution is 0.0632. The molecule has 0 unspecified atom stereocenters. The number of carbonyl (C=O) groups excluding carboxylic acids is 2. The van der Waals surface area contributed by atoms with Crippen LogP contribution >= 0.6 is 0 Å². The van der Waals surface area contributed by atoms with Crippen molar-refractivity contribution in [2.45, 2.75) is 13.5 Å². The SMILES string of the molecule is Cc1ccc(C(=O)N2CCN(C(=O)NCc3ccnc(N4CCN(C)CC4)c3)CC2)o1. The van der Waals surface area contributed by atoms with Gasteiger partial charge in [-0.25, -0.2) is 9.78 Å². The van der Waals surface area contributed by atoms with E-state index in [1.807, 2.05) is 19.1 Å². The summed E-state index contributed by atoms with van der Waals surface area (Å²) in [6.45, 7) is 8.22. The van der Waals surface area contributed by atoms with E-state index in [0.29, 0.717) is 44.2 Å². The van der Waals surface area contributed by atoms with Crippen LogP contribution in [0.25, 0.3) is 0 Å². The minimum Gasteiger partial charge on any atom is -0.456 e. The summed E-state index contributed by atoms with van der Waals surface area (Å²) in [6, 6.07) is 7.35. The van der Waals surface area contributed by atoms with Crippen molar-refractivity contribution in [1.82, 2.24) is 25.0 Å². The molecule has 2 aliphatic heterocycles. The van der Waals surface area contributed by atoms with Gasteiger partial charge in [0.25, 0.3) is 5.91 Å². The van der Waals surface area contributed by atoms with Crippen molar-refractivity contribution in [2.75, 3.05) is 64.3 Å². The molecule has 4 heterocycles. The van der Waals surface area contributed by atoms with Crippen molar-refractivity contribution in [3.05, 3.63) is 47.5 Å². The van der Waals surface area contributed by atoms with E-state index in [1.165, 1.54) is 0 Å². The molecule has 4 rings (SSSR count). The van der Waals surface area contributed by atoms with Gasteiger partial charge < -0.3 is 29.3 Å². The average Bonchev–Trinajstić information content (AvgIpc) is 3.24. The van der Waals surface area contributed by atoms with Crippen molar-refractivity contribution in [1.29, 1.82) is 0 Å². The van der Waals surface area contributed by atoms with Crippen LogP contribution in [0.2, 0.25) is 0 Å². The number of nitrogens with one attached hydrogen (secondary N) is 1. The summed E-state index contributed by atoms with van der Waals surface area (Å²) in [4.78, 5) is 37.7. The second kappa shape index (κ2) is 9.38. The smallest absolute Gasteiger partial charge is 0.317 e. The third-order valence-electron chi connectivity index (χ3n) is 5.89. The maximum Gasteiger partial charge on any atom is 0.317 e. The van der Waals surface area contributed by atoms with Gasteiger partial charge in [-0.15, -0.1) is 0 Å². The minimum atomic E-state index is -0.124. The lowest BCUT2D eigenvalue weighted by atomic mass is 10.2. The van der Waals surface area contributed by atoms with Crippen LogP contribution in [-0.2, 0) is 6.54 Å². The van der Waals surface area contributed by atoms with Gasteiger partial charge >= 0.3 is 6.03 Å². The fraction of sp³-hybridized carbons (Fsp3) is 0.500. The van der Waals surface area contributed by atoms with Gasteiger partial charge in [0.05, 0.1) is 0 Å². The molecule has 3 amide bonds. The molecule has 9 heteroatoms. The maximum absolute atomic E-state index is 12.6. The Morgan fingerprint density at radius 2 is 1.71 bits per heavy atom. The molecule has 2 aliphatic rings. The molecule has 31 heavy (non-hydrogen) atoms. The molecular weight excluding hydrogens is 396 g/mol. The lowest BCUT2D eigenvalue weighted by Gasteiger charge is -2.34. The van der Waals surface area contributed by atoms with E-state index < -0.39 is 0 Å². The van der Waals surface area contributed by atoms with Gasteiger partial charge in [0.2, 0.25) is 0 Å². The van der Waals surface area contributed by atoms with Crippen LogP contribution in [0.1, 0.15) is 21.9 Å². The molecule has 2 saturated heterocycles. The average molecular weight is 427 g/mol. The van der Waals surface area contributed by atoms with E-state index in [-0.39, 0.29) is 11.9 Å². The highest BCUT2D eigenvalue weighted by Crippen LogP contribution is 2.15. The molecule has 0 aliphatic carbocycles. The number of pyridine rings is 1. The normalized spacial score (nSPS) is 17.7. The molecule has 1 N–H and O–H groups in total. The summed E-state index contributed by atoms with van der Waals surface area (Å²) in [5, 5.41) is 3.00. The summed E-state index contributed by atoms with van der Waals surface area (Å²) >= 11 is 0. The van der Waals surface area contributed by atoms with Crippen molar-refractivity contribution >= 4 is 17.8 Å². The van der Waals surface area contributed by atoms with E-state index in [4.69, 9.17) is 4.42 Å². The summed E-state index contributed by atoms with van der Waals surface area (Å²) < 4.78 is 5.42. The summed E-state index contributed by atoms with van der Waals surface area (Å²) in [6.07, 6.45) is 1.80. The van der Waals surface area contributed by atoms with Gasteiger partial charge in [0.15, 0.2) is 5.76 Å². The first-order chi connectivity index (χ1) is 15.0. The van der Waals surface area contributed by atoms with Gasteiger partial charge in [0.1, 0.15) is 11.6 Å². The summed E-state index contributed by atoms with van der Waals surface area (Å²) in [5.41, 5.74) is 1.03. The zero-order valence-electron chi connectivity index (χ0n) is 18.2. The highest BCUT2D eigenvalue weighted by molar-refractivity contribution is 5.91. The number of aromatic nitrogens is 1. The molecule has 2 fully saturated rings. The topological polar surface area (TPSA) is 85.2 Å². The Morgan fingerprint density at radius 3 is 2.39 bits per heavy atom. The quantitative estimate of drug-likeness (QED) is 0.796. The highest BCUT2D eigenvalue weighted by atomic mass is 16.3. The van der Waals surface area contributed by atoms with Crippen LogP contribution in [0.4, 0.5) is 10.6 Å². The van der Waals surface area contributed by atoms with Gasteiger partial charge in [-0.3, -0.25) is 4.79 Å². The van der Waals surface area contributed by atoms with Gasteiger partial charge in [-0.05, 0) is 43.8 Å². The first kappa shape index (κ1) is 21.2. The van der Waals surface area contributed by atoms with Crippen LogP contribution in [-0.4, -0.2) is 91.0 Å². The zero-order chi connectivity index (χ0) is 21.8. The molecule has 2 aromatic rings. The summed E-state index contributed by atoms with van der Waals surface area (Å²) in [7, 11) is 2.13. The number of carbonyl (C=O) groups is 2. The molecule has 9 nitrogen and oxygen atoms in total. The van der Waals surface area contributed by atoms with Gasteiger partial charge in [0, 0.05) is 65.1 Å². The number of amides is 3. The molecule has 0 aromatic carbocycles. The third-order valence-corrected chi connectivity index (χ3v) is 5.89. The van der Waals surface area contributed by atoms with Crippen molar-refractivity contribution < 1.29 is 14.0 Å². The first-order valence-corrected chi connectivity index (χ1v) is 10.8. The number of likely N-dealkylation sites (N-methyl/N-ethyl adjacent to an activating group) is 1. The molecular formula is C22H30N6O3. The molecule has 2 aromatic heterocycles. The Bertz CT molecular complexity index is 913. The third kappa shape index (κ3) is 5.16. The number of piperazine rings is 2. The zero-order valence-corrected chi connectivity index (χ0v) is 18.2. The van der Waals surface area contributed by atoms with Crippen LogP contribution in [0.3, 0.4) is 0 Å². The van der Waals surface area contributed by atoms with Crippen LogP contribution in [0.5, 0.6) is 0 Å². The molecule has 0 atom stereocenters. The number of rotatable bonds is 4. The van der Waals surface area contributed by atoms with Gasteiger partial charge in [-0.1, -0.05) is 0 Å². The second-order valence-electron chi connectivity index (χ2n) is 8.16. The standard InChI is InChI=1S/C22H30N6O3/c1-17-3-4-19(31-17)21(29)27-11-13-28(14-12-27)22(30)24-16-18-5-6-23-20(15-18)26-9-7-25(2)8-10-26/h3-6,15H,7-14,16H2,1-2H3,(H,24,30). The Balaban J connectivity index is 1.25. The van der Waals surface area contributed by atoms with Crippen LogP contribution in [0, 0.1) is 6.92 Å². The molecule has 0 bridgehead atoms. The first-order valence-electron chi connectivity index (χ1n) is 10.8. The van der Waals surface area contributed by atoms with Crippen LogP contribution < -0.4 is 10.2 Å². The fourth-order valence-corrected chi connectivity index (χ4v) is 3.89.